The molecule has 1 fully saturated rings. The molecular formula is C24H25NO3. The number of benzene rings is 2. The fraction of sp³-hybridized carbons (Fsp3) is 0.333. The maximum Gasteiger partial charge on any atom is 0.315 e. The highest BCUT2D eigenvalue weighted by Crippen LogP contribution is 2.38. The van der Waals surface area contributed by atoms with Crippen LogP contribution in [0.25, 0.3) is 0 Å². The van der Waals surface area contributed by atoms with Crippen molar-refractivity contribution in [1.29, 1.82) is 0 Å². The highest BCUT2D eigenvalue weighted by molar-refractivity contribution is 5.87. The zero-order valence-corrected chi connectivity index (χ0v) is 15.9. The smallest absolute Gasteiger partial charge is 0.315 e. The molecule has 1 amide bonds. The molecular weight excluding hydrogens is 350 g/mol. The summed E-state index contributed by atoms with van der Waals surface area (Å²) in [6, 6.07) is 19.3. The third-order valence-electron chi connectivity index (χ3n) is 5.77. The summed E-state index contributed by atoms with van der Waals surface area (Å²) in [5, 5.41) is 0. The molecule has 4 nitrogen and oxygen atoms in total. The van der Waals surface area contributed by atoms with Crippen LogP contribution in [0.3, 0.4) is 0 Å². The molecule has 1 heterocycles. The van der Waals surface area contributed by atoms with Crippen LogP contribution < -0.4 is 4.74 Å². The van der Waals surface area contributed by atoms with Crippen molar-refractivity contribution in [3.63, 3.8) is 0 Å². The molecule has 2 aromatic carbocycles. The van der Waals surface area contributed by atoms with Crippen molar-refractivity contribution in [2.75, 3.05) is 13.1 Å². The number of ether oxygens (including phenoxy) is 1. The highest BCUT2D eigenvalue weighted by Gasteiger charge is 2.45. The number of likely N-dealkylation sites (tertiary alicyclic amines) is 1. The lowest BCUT2D eigenvalue weighted by Crippen LogP contribution is -2.51. The number of hydrogen-bond acceptors (Lipinski definition) is 3. The van der Waals surface area contributed by atoms with E-state index in [4.69, 9.17) is 4.74 Å². The van der Waals surface area contributed by atoms with Crippen LogP contribution in [-0.2, 0) is 16.0 Å². The summed E-state index contributed by atoms with van der Waals surface area (Å²) in [5.74, 6) is -0.284. The van der Waals surface area contributed by atoms with Gasteiger partial charge in [0.1, 0.15) is 5.75 Å². The average molecular weight is 375 g/mol. The quantitative estimate of drug-likeness (QED) is 0.453. The summed E-state index contributed by atoms with van der Waals surface area (Å²) in [7, 11) is 0. The first-order valence-electron chi connectivity index (χ1n) is 9.98. The molecule has 3 atom stereocenters. The number of para-hydroxylation sites is 1. The van der Waals surface area contributed by atoms with Crippen LogP contribution in [0.5, 0.6) is 5.75 Å². The van der Waals surface area contributed by atoms with Crippen molar-refractivity contribution in [2.24, 2.45) is 17.8 Å². The Bertz CT molecular complexity index is 847. The van der Waals surface area contributed by atoms with Gasteiger partial charge in [-0.2, -0.15) is 0 Å². The van der Waals surface area contributed by atoms with Gasteiger partial charge in [0.2, 0.25) is 5.91 Å². The molecule has 144 valence electrons. The second-order valence-corrected chi connectivity index (χ2v) is 7.54. The van der Waals surface area contributed by atoms with Crippen LogP contribution in [0.4, 0.5) is 0 Å². The first-order chi connectivity index (χ1) is 13.7. The predicted molar refractivity (Wildman–Crippen MR) is 108 cm³/mol. The lowest BCUT2D eigenvalue weighted by Gasteiger charge is -2.41. The second-order valence-electron chi connectivity index (χ2n) is 7.54. The Hall–Kier alpha value is -2.88. The summed E-state index contributed by atoms with van der Waals surface area (Å²) < 4.78 is 5.57. The zero-order chi connectivity index (χ0) is 19.3. The van der Waals surface area contributed by atoms with Crippen LogP contribution in [0, 0.1) is 17.8 Å². The summed E-state index contributed by atoms with van der Waals surface area (Å²) in [4.78, 5) is 28.0. The molecule has 4 heteroatoms. The van der Waals surface area contributed by atoms with Crippen molar-refractivity contribution < 1.29 is 14.3 Å². The van der Waals surface area contributed by atoms with Crippen LogP contribution >= 0.6 is 0 Å². The Balaban J connectivity index is 1.45. The number of piperidine rings is 1. The Kier molecular flexibility index (Phi) is 5.56. The number of amides is 1. The maximum atomic E-state index is 13.2. The zero-order valence-electron chi connectivity index (χ0n) is 15.9. The summed E-state index contributed by atoms with van der Waals surface area (Å²) in [6.07, 6.45) is 6.44. The standard InChI is InChI=1S/C24H25NO3/c26-23-22-19(15-17-25(23)16-14-18-8-3-1-4-9-18)10-7-13-21(22)24(27)28-20-11-5-2-6-12-20/h1-12,19,21-22H,13-17H2/t19?,21-,22?/m0/s1. The molecule has 0 radical (unpaired) electrons. The number of nitrogens with zero attached hydrogens (tertiary/aromatic N) is 1. The summed E-state index contributed by atoms with van der Waals surface area (Å²) in [6.45, 7) is 1.44. The van der Waals surface area contributed by atoms with Gasteiger partial charge in [-0.3, -0.25) is 9.59 Å². The van der Waals surface area contributed by atoms with Crippen molar-refractivity contribution in [2.45, 2.75) is 19.3 Å². The van der Waals surface area contributed by atoms with E-state index in [0.29, 0.717) is 18.7 Å². The van der Waals surface area contributed by atoms with Gasteiger partial charge in [-0.05, 0) is 42.9 Å². The fourth-order valence-corrected chi connectivity index (χ4v) is 4.28. The number of carbonyl (C=O) groups is 2. The van der Waals surface area contributed by atoms with Gasteiger partial charge < -0.3 is 9.64 Å². The number of allylic oxidation sites excluding steroid dienone is 2. The van der Waals surface area contributed by atoms with Crippen molar-refractivity contribution in [3.8, 4) is 5.75 Å². The summed E-state index contributed by atoms with van der Waals surface area (Å²) in [5.41, 5.74) is 1.22. The first kappa shape index (κ1) is 18.5. The molecule has 0 aromatic heterocycles. The predicted octanol–water partition coefficient (Wildman–Crippen LogP) is 3.88. The van der Waals surface area contributed by atoms with E-state index in [1.807, 2.05) is 47.4 Å². The highest BCUT2D eigenvalue weighted by atomic mass is 16.5. The Morgan fingerprint density at radius 3 is 2.50 bits per heavy atom. The van der Waals surface area contributed by atoms with Crippen molar-refractivity contribution in [1.82, 2.24) is 4.90 Å². The molecule has 0 N–H and O–H groups in total. The Morgan fingerprint density at radius 1 is 1.04 bits per heavy atom. The molecule has 28 heavy (non-hydrogen) atoms. The van der Waals surface area contributed by atoms with Crippen molar-refractivity contribution >= 4 is 11.9 Å². The number of rotatable bonds is 5. The van der Waals surface area contributed by atoms with Gasteiger partial charge in [0.05, 0.1) is 11.8 Å². The molecule has 2 aromatic rings. The van der Waals surface area contributed by atoms with Crippen LogP contribution in [0.2, 0.25) is 0 Å². The lowest BCUT2D eigenvalue weighted by atomic mass is 9.71. The minimum atomic E-state index is -0.415. The van der Waals surface area contributed by atoms with Gasteiger partial charge in [0, 0.05) is 13.1 Å². The first-order valence-corrected chi connectivity index (χ1v) is 9.98. The fourth-order valence-electron chi connectivity index (χ4n) is 4.28. The van der Waals surface area contributed by atoms with Gasteiger partial charge in [0.25, 0.3) is 0 Å². The lowest BCUT2D eigenvalue weighted by molar-refractivity contribution is -0.153. The van der Waals surface area contributed by atoms with Gasteiger partial charge in [0.15, 0.2) is 0 Å². The molecule has 2 unspecified atom stereocenters. The largest absolute Gasteiger partial charge is 0.426 e. The van der Waals surface area contributed by atoms with E-state index < -0.39 is 5.92 Å². The van der Waals surface area contributed by atoms with E-state index >= 15 is 0 Å². The number of esters is 1. The maximum absolute atomic E-state index is 13.2. The second kappa shape index (κ2) is 8.42. The summed E-state index contributed by atoms with van der Waals surface area (Å²) >= 11 is 0. The third kappa shape index (κ3) is 4.01. The van der Waals surface area contributed by atoms with Crippen LogP contribution in [0.1, 0.15) is 18.4 Å². The Labute approximate surface area is 165 Å². The van der Waals surface area contributed by atoms with E-state index in [1.54, 1.807) is 12.1 Å². The van der Waals surface area contributed by atoms with Crippen LogP contribution in [-0.4, -0.2) is 29.9 Å². The normalized spacial score (nSPS) is 23.9. The van der Waals surface area contributed by atoms with E-state index in [0.717, 1.165) is 19.4 Å². The molecule has 0 spiro atoms. The van der Waals surface area contributed by atoms with E-state index in [9.17, 15) is 9.59 Å². The van der Waals surface area contributed by atoms with Gasteiger partial charge >= 0.3 is 5.97 Å². The molecule has 4 rings (SSSR count). The topological polar surface area (TPSA) is 46.6 Å². The van der Waals surface area contributed by atoms with Gasteiger partial charge in [-0.1, -0.05) is 60.7 Å². The molecule has 0 saturated carbocycles. The van der Waals surface area contributed by atoms with E-state index in [1.165, 1.54) is 5.56 Å². The molecule has 0 bridgehead atoms. The number of fused-ring (bicyclic) bond motifs is 1. The van der Waals surface area contributed by atoms with E-state index in [-0.39, 0.29) is 23.7 Å². The monoisotopic (exact) mass is 375 g/mol. The molecule has 1 aliphatic heterocycles. The molecule has 1 aliphatic carbocycles. The Morgan fingerprint density at radius 2 is 1.75 bits per heavy atom. The minimum Gasteiger partial charge on any atom is -0.426 e. The average Bonchev–Trinajstić information content (AvgIpc) is 2.74. The van der Waals surface area contributed by atoms with Gasteiger partial charge in [-0.25, -0.2) is 0 Å². The van der Waals surface area contributed by atoms with E-state index in [2.05, 4.69) is 18.2 Å². The van der Waals surface area contributed by atoms with Crippen molar-refractivity contribution in [3.05, 3.63) is 78.4 Å². The minimum absolute atomic E-state index is 0.0894. The number of hydrogen-bond donors (Lipinski definition) is 0. The number of carbonyl (C=O) groups excluding carboxylic acids is 2. The van der Waals surface area contributed by atoms with Crippen LogP contribution in [0.15, 0.2) is 72.8 Å². The molecule has 2 aliphatic rings. The van der Waals surface area contributed by atoms with Gasteiger partial charge in [-0.15, -0.1) is 0 Å². The SMILES string of the molecule is O=C(Oc1ccccc1)[C@H]1CC=CC2CCN(CCc3ccccc3)C(=O)C21. The third-order valence-corrected chi connectivity index (χ3v) is 5.77. The molecule has 1 saturated heterocycles.